The van der Waals surface area contributed by atoms with E-state index in [1.165, 1.54) is 32.3 Å². The summed E-state index contributed by atoms with van der Waals surface area (Å²) in [7, 11) is 0. The van der Waals surface area contributed by atoms with Gasteiger partial charge < -0.3 is 8.98 Å². The van der Waals surface area contributed by atoms with Crippen molar-refractivity contribution >= 4 is 66.0 Å². The van der Waals surface area contributed by atoms with Crippen LogP contribution >= 0.6 is 0 Å². The normalized spacial score (nSPS) is 13.0. The van der Waals surface area contributed by atoms with Crippen LogP contribution in [0.25, 0.3) is 94.4 Å². The van der Waals surface area contributed by atoms with Crippen LogP contribution in [-0.4, -0.2) is 19.5 Å². The van der Waals surface area contributed by atoms with Gasteiger partial charge in [-0.05, 0) is 76.9 Å². The first kappa shape index (κ1) is 28.9. The van der Waals surface area contributed by atoms with Gasteiger partial charge in [-0.3, -0.25) is 0 Å². The molecule has 0 aliphatic heterocycles. The smallest absolute Gasteiger partial charge is 0.164 e. The molecule has 1 aliphatic rings. The highest BCUT2D eigenvalue weighted by Crippen LogP contribution is 2.38. The van der Waals surface area contributed by atoms with Gasteiger partial charge in [-0.25, -0.2) is 15.0 Å². The number of aromatic nitrogens is 4. The first-order valence-electron chi connectivity index (χ1n) is 17.8. The van der Waals surface area contributed by atoms with E-state index in [2.05, 4.69) is 126 Å². The maximum absolute atomic E-state index is 6.71. The molecular weight excluding hydrogens is 637 g/mol. The molecule has 0 N–H and O–H groups in total. The molecule has 0 saturated carbocycles. The molecule has 1 aliphatic carbocycles. The van der Waals surface area contributed by atoms with Gasteiger partial charge in [0, 0.05) is 32.7 Å². The molecule has 10 aromatic rings. The molecule has 52 heavy (non-hydrogen) atoms. The summed E-state index contributed by atoms with van der Waals surface area (Å²) in [6, 6.07) is 53.4. The minimum Gasteiger partial charge on any atom is -0.456 e. The average molecular weight is 667 g/mol. The zero-order chi connectivity index (χ0) is 34.2. The molecule has 0 atom stereocenters. The van der Waals surface area contributed by atoms with Gasteiger partial charge in [-0.15, -0.1) is 0 Å². The van der Waals surface area contributed by atoms with Crippen LogP contribution in [0.15, 0.2) is 156 Å². The van der Waals surface area contributed by atoms with Crippen molar-refractivity contribution < 1.29 is 4.42 Å². The Balaban J connectivity index is 1.26. The number of nitrogens with zero attached hydrogens (tertiary/aromatic N) is 4. The molecule has 0 radical (unpaired) electrons. The van der Waals surface area contributed by atoms with Gasteiger partial charge >= 0.3 is 0 Å². The van der Waals surface area contributed by atoms with Crippen LogP contribution < -0.4 is 10.6 Å². The van der Waals surface area contributed by atoms with Crippen molar-refractivity contribution in [3.63, 3.8) is 0 Å². The third-order valence-corrected chi connectivity index (χ3v) is 10.5. The van der Waals surface area contributed by atoms with Crippen LogP contribution in [-0.2, 0) is 0 Å². The average Bonchev–Trinajstić information content (AvgIpc) is 3.74. The topological polar surface area (TPSA) is 56.7 Å². The summed E-state index contributed by atoms with van der Waals surface area (Å²) in [5, 5.41) is 9.43. The lowest BCUT2D eigenvalue weighted by molar-refractivity contribution is 0.571. The minimum atomic E-state index is 0.655. The van der Waals surface area contributed by atoms with Crippen molar-refractivity contribution in [1.29, 1.82) is 0 Å². The summed E-state index contributed by atoms with van der Waals surface area (Å²) >= 11 is 0. The Morgan fingerprint density at radius 1 is 0.500 bits per heavy atom. The summed E-state index contributed by atoms with van der Waals surface area (Å²) in [6.07, 6.45) is 3.83. The molecule has 0 amide bonds. The number of furan rings is 1. The molecule has 3 aromatic heterocycles. The lowest BCUT2D eigenvalue weighted by atomic mass is 9.99. The first-order chi connectivity index (χ1) is 25.8. The Labute approximate surface area is 298 Å². The van der Waals surface area contributed by atoms with E-state index in [0.29, 0.717) is 17.5 Å². The number of fused-ring (bicyclic) bond motifs is 8. The molecule has 5 heteroatoms. The van der Waals surface area contributed by atoms with Crippen molar-refractivity contribution in [2.45, 2.75) is 12.8 Å². The van der Waals surface area contributed by atoms with E-state index in [-0.39, 0.29) is 0 Å². The van der Waals surface area contributed by atoms with E-state index < -0.39 is 0 Å². The fraction of sp³-hybridized carbons (Fsp3) is 0.0426. The fourth-order valence-corrected chi connectivity index (χ4v) is 8.07. The molecular formula is C47H30N4O. The van der Waals surface area contributed by atoms with E-state index in [1.54, 1.807) is 0 Å². The third kappa shape index (κ3) is 4.46. The zero-order valence-electron chi connectivity index (χ0n) is 28.1. The first-order valence-corrected chi connectivity index (χ1v) is 17.8. The largest absolute Gasteiger partial charge is 0.456 e. The van der Waals surface area contributed by atoms with E-state index in [9.17, 15) is 0 Å². The van der Waals surface area contributed by atoms with Gasteiger partial charge in [-0.1, -0.05) is 115 Å². The molecule has 0 fully saturated rings. The van der Waals surface area contributed by atoms with Crippen molar-refractivity contribution in [1.82, 2.24) is 19.5 Å². The summed E-state index contributed by atoms with van der Waals surface area (Å²) in [6.45, 7) is 0. The molecule has 0 saturated heterocycles. The molecule has 244 valence electrons. The van der Waals surface area contributed by atoms with Gasteiger partial charge in [0.1, 0.15) is 11.0 Å². The molecule has 5 nitrogen and oxygen atoms in total. The fourth-order valence-electron chi connectivity index (χ4n) is 8.07. The Hall–Kier alpha value is -6.85. The zero-order valence-corrected chi connectivity index (χ0v) is 28.1. The molecule has 0 unspecified atom stereocenters. The maximum Gasteiger partial charge on any atom is 0.164 e. The number of rotatable bonds is 4. The van der Waals surface area contributed by atoms with E-state index in [0.717, 1.165) is 67.9 Å². The Bertz CT molecular complexity index is 3030. The van der Waals surface area contributed by atoms with Crippen LogP contribution in [0.2, 0.25) is 0 Å². The molecule has 11 rings (SSSR count). The Morgan fingerprint density at radius 2 is 1.02 bits per heavy atom. The van der Waals surface area contributed by atoms with Crippen molar-refractivity contribution in [3.8, 4) is 28.5 Å². The van der Waals surface area contributed by atoms with Gasteiger partial charge in [-0.2, -0.15) is 0 Å². The van der Waals surface area contributed by atoms with Crippen molar-refractivity contribution in [2.24, 2.45) is 0 Å². The molecule has 3 heterocycles. The third-order valence-electron chi connectivity index (χ3n) is 10.5. The lowest BCUT2D eigenvalue weighted by Gasteiger charge is -2.13. The summed E-state index contributed by atoms with van der Waals surface area (Å²) in [5.41, 5.74) is 8.07. The maximum atomic E-state index is 6.71. The monoisotopic (exact) mass is 666 g/mol. The van der Waals surface area contributed by atoms with Crippen LogP contribution in [0.1, 0.15) is 18.7 Å². The summed E-state index contributed by atoms with van der Waals surface area (Å²) < 4.78 is 9.15. The van der Waals surface area contributed by atoms with Crippen molar-refractivity contribution in [3.05, 3.63) is 168 Å². The predicted molar refractivity (Wildman–Crippen MR) is 212 cm³/mol. The highest BCUT2D eigenvalue weighted by atomic mass is 16.3. The summed E-state index contributed by atoms with van der Waals surface area (Å²) in [4.78, 5) is 15.3. The quantitative estimate of drug-likeness (QED) is 0.188. The van der Waals surface area contributed by atoms with Gasteiger partial charge in [0.05, 0.1) is 22.1 Å². The highest BCUT2D eigenvalue weighted by molar-refractivity contribution is 6.17. The lowest BCUT2D eigenvalue weighted by Crippen LogP contribution is -2.28. The predicted octanol–water partition coefficient (Wildman–Crippen LogP) is 10.1. The Kier molecular flexibility index (Phi) is 6.31. The van der Waals surface area contributed by atoms with E-state index in [4.69, 9.17) is 19.4 Å². The Morgan fingerprint density at radius 3 is 1.60 bits per heavy atom. The highest BCUT2D eigenvalue weighted by Gasteiger charge is 2.23. The molecule has 0 spiro atoms. The minimum absolute atomic E-state index is 0.655. The van der Waals surface area contributed by atoms with E-state index in [1.807, 2.05) is 36.4 Å². The van der Waals surface area contributed by atoms with Crippen LogP contribution in [0.5, 0.6) is 0 Å². The van der Waals surface area contributed by atoms with Crippen molar-refractivity contribution in [2.75, 3.05) is 0 Å². The summed E-state index contributed by atoms with van der Waals surface area (Å²) in [5.74, 6) is 1.99. The van der Waals surface area contributed by atoms with Gasteiger partial charge in [0.15, 0.2) is 17.5 Å². The number of hydrogen-bond acceptors (Lipinski definition) is 4. The number of hydrogen-bond donors (Lipinski definition) is 0. The van der Waals surface area contributed by atoms with Crippen LogP contribution in [0.4, 0.5) is 0 Å². The molecule has 0 bridgehead atoms. The second-order valence-electron chi connectivity index (χ2n) is 13.5. The van der Waals surface area contributed by atoms with E-state index >= 15 is 0 Å². The standard InChI is InChI=1S/C47H30N4O/c1-3-13-29(14-4-1)45-48-46(30-15-5-2-6-16-30)50-47(49-45)35-21-11-23-41-43(35)44-38(22-12-24-42(44)52-41)51-39-27-33-19-9-7-17-31(33)25-36(39)37-26-32-18-8-10-20-34(32)28-40(37)51/h1-10,12-20,22-28H,11,21H2. The second-order valence-corrected chi connectivity index (χ2v) is 13.5. The number of benzene rings is 7. The van der Waals surface area contributed by atoms with Gasteiger partial charge in [0.25, 0.3) is 0 Å². The van der Waals surface area contributed by atoms with Gasteiger partial charge in [0.2, 0.25) is 0 Å². The van der Waals surface area contributed by atoms with Crippen LogP contribution in [0.3, 0.4) is 0 Å². The SMILES string of the molecule is C1=c2oc3cccc(-n4c5cc6ccccc6cc5c5cc6ccccc6cc54)c3c2=C(c2nc(-c3ccccc3)nc(-c3ccccc3)n2)CC1. The van der Waals surface area contributed by atoms with Crippen LogP contribution in [0, 0.1) is 0 Å². The second kappa shape index (κ2) is 11.3. The molecule has 7 aromatic carbocycles.